The number of alkyl halides is 1. The van der Waals surface area contributed by atoms with E-state index in [2.05, 4.69) is 0 Å². The van der Waals surface area contributed by atoms with Gasteiger partial charge in [-0.05, 0) is 48.7 Å². The van der Waals surface area contributed by atoms with Crippen LogP contribution in [0.15, 0.2) is 36.4 Å². The summed E-state index contributed by atoms with van der Waals surface area (Å²) in [6.07, 6.45) is -7.04. The number of rotatable bonds is 7. The van der Waals surface area contributed by atoms with Crippen molar-refractivity contribution in [2.75, 3.05) is 20.3 Å². The van der Waals surface area contributed by atoms with Crippen LogP contribution < -0.4 is 9.47 Å². The zero-order valence-electron chi connectivity index (χ0n) is 16.8. The summed E-state index contributed by atoms with van der Waals surface area (Å²) in [6.45, 7) is 1.91. The molecule has 8 heteroatoms. The molecule has 0 aliphatic carbocycles. The molecular weight excluding hydrogens is 415 g/mol. The van der Waals surface area contributed by atoms with Crippen molar-refractivity contribution in [1.29, 1.82) is 0 Å². The number of hydrogen-bond acceptors (Lipinski definition) is 6. The van der Waals surface area contributed by atoms with Crippen LogP contribution in [-0.4, -0.2) is 60.1 Å². The number of hydrogen-bond donors (Lipinski definition) is 3. The van der Waals surface area contributed by atoms with Crippen molar-refractivity contribution < 1.29 is 33.9 Å². The van der Waals surface area contributed by atoms with Crippen molar-refractivity contribution in [2.45, 2.75) is 43.9 Å². The molecule has 3 N–H and O–H groups in total. The van der Waals surface area contributed by atoms with Crippen LogP contribution in [0.4, 0.5) is 4.39 Å². The van der Waals surface area contributed by atoms with Crippen LogP contribution in [0.3, 0.4) is 0 Å². The first-order valence-electron chi connectivity index (χ1n) is 9.74. The molecule has 0 spiro atoms. The molecule has 1 fully saturated rings. The average molecular weight is 441 g/mol. The Labute approximate surface area is 179 Å². The van der Waals surface area contributed by atoms with Crippen LogP contribution in [-0.2, 0) is 11.2 Å². The normalized spacial score (nSPS) is 26.4. The Morgan fingerprint density at radius 2 is 1.83 bits per heavy atom. The molecule has 1 heterocycles. The third-order valence-corrected chi connectivity index (χ3v) is 5.53. The van der Waals surface area contributed by atoms with Gasteiger partial charge in [0, 0.05) is 10.6 Å². The Morgan fingerprint density at radius 1 is 1.13 bits per heavy atom. The van der Waals surface area contributed by atoms with E-state index in [1.807, 2.05) is 31.2 Å². The first-order chi connectivity index (χ1) is 14.4. The van der Waals surface area contributed by atoms with Crippen molar-refractivity contribution in [3.8, 4) is 11.5 Å². The van der Waals surface area contributed by atoms with Gasteiger partial charge in [-0.3, -0.25) is 0 Å². The zero-order chi connectivity index (χ0) is 21.8. The molecule has 0 radical (unpaired) electrons. The highest BCUT2D eigenvalue weighted by Crippen LogP contribution is 2.40. The predicted octanol–water partition coefficient (Wildman–Crippen LogP) is 2.83. The Kier molecular flexibility index (Phi) is 7.55. The lowest BCUT2D eigenvalue weighted by Gasteiger charge is -2.39. The third kappa shape index (κ3) is 4.71. The highest BCUT2D eigenvalue weighted by atomic mass is 35.5. The maximum absolute atomic E-state index is 14.4. The molecule has 1 aliphatic rings. The van der Waals surface area contributed by atoms with Crippen LogP contribution >= 0.6 is 11.6 Å². The van der Waals surface area contributed by atoms with E-state index in [-0.39, 0.29) is 0 Å². The van der Waals surface area contributed by atoms with Crippen molar-refractivity contribution in [3.63, 3.8) is 0 Å². The quantitative estimate of drug-likeness (QED) is 0.613. The van der Waals surface area contributed by atoms with Gasteiger partial charge in [0.2, 0.25) is 0 Å². The van der Waals surface area contributed by atoms with Crippen molar-refractivity contribution >= 4 is 11.6 Å². The summed E-state index contributed by atoms with van der Waals surface area (Å²) in [5.74, 6) is 1.09. The number of benzene rings is 2. The van der Waals surface area contributed by atoms with Gasteiger partial charge in [-0.25, -0.2) is 4.39 Å². The minimum absolute atomic E-state index is 0.319. The number of aliphatic hydroxyl groups excluding tert-OH is 3. The van der Waals surface area contributed by atoms with E-state index in [1.165, 1.54) is 7.11 Å². The largest absolute Gasteiger partial charge is 0.496 e. The fraction of sp³-hybridized carbons (Fsp3) is 0.455. The summed E-state index contributed by atoms with van der Waals surface area (Å²) in [6, 6.07) is 10.9. The van der Waals surface area contributed by atoms with Crippen LogP contribution in [0, 0.1) is 0 Å². The zero-order valence-corrected chi connectivity index (χ0v) is 17.6. The van der Waals surface area contributed by atoms with Crippen molar-refractivity contribution in [3.05, 3.63) is 58.1 Å². The minimum Gasteiger partial charge on any atom is -0.496 e. The second-order valence-electron chi connectivity index (χ2n) is 7.14. The topological polar surface area (TPSA) is 88.4 Å². The second kappa shape index (κ2) is 9.94. The molecule has 2 aromatic rings. The van der Waals surface area contributed by atoms with Gasteiger partial charge >= 0.3 is 0 Å². The highest BCUT2D eigenvalue weighted by molar-refractivity contribution is 6.31. The Morgan fingerprint density at radius 3 is 2.43 bits per heavy atom. The summed E-state index contributed by atoms with van der Waals surface area (Å²) >= 11 is 6.43. The van der Waals surface area contributed by atoms with Crippen LogP contribution in [0.25, 0.3) is 0 Å². The summed E-state index contributed by atoms with van der Waals surface area (Å²) < 4.78 is 30.9. The smallest absolute Gasteiger partial charge is 0.157 e. The lowest BCUT2D eigenvalue weighted by molar-refractivity contribution is -0.214. The van der Waals surface area contributed by atoms with E-state index in [0.717, 1.165) is 16.9 Å². The van der Waals surface area contributed by atoms with Gasteiger partial charge in [-0.2, -0.15) is 0 Å². The lowest BCUT2D eigenvalue weighted by atomic mass is 9.90. The lowest BCUT2D eigenvalue weighted by Crippen LogP contribution is -2.53. The number of aliphatic hydroxyl groups is 3. The molecule has 0 aromatic heterocycles. The predicted molar refractivity (Wildman–Crippen MR) is 110 cm³/mol. The molecule has 0 unspecified atom stereocenters. The standard InChI is InChI=1S/C22H26ClFO6/c1-3-29-14-6-4-12(5-7-14)8-13-9-15(17(28-2)10-16(13)23)22-21(27)19(24)20(26)18(11-25)30-22/h4-7,9-10,18-22,25-27H,3,8,11H2,1-2H3/t18-,19+,20+,21+,22+/m1/s1. The van der Waals surface area contributed by atoms with E-state index in [1.54, 1.807) is 12.1 Å². The molecule has 3 rings (SSSR count). The Balaban J connectivity index is 1.93. The van der Waals surface area contributed by atoms with Crippen LogP contribution in [0.1, 0.15) is 29.7 Å². The first-order valence-corrected chi connectivity index (χ1v) is 10.1. The SMILES string of the molecule is CCOc1ccc(Cc2cc([C@@H]3O[C@H](CO)[C@H](O)[C@H](F)[C@@H]3O)c(OC)cc2Cl)cc1. The van der Waals surface area contributed by atoms with Gasteiger partial charge in [0.1, 0.15) is 35.9 Å². The van der Waals surface area contributed by atoms with Gasteiger partial charge in [0.15, 0.2) is 6.17 Å². The van der Waals surface area contributed by atoms with Gasteiger partial charge in [-0.1, -0.05) is 23.7 Å². The second-order valence-corrected chi connectivity index (χ2v) is 7.55. The van der Waals surface area contributed by atoms with Crippen LogP contribution in [0.2, 0.25) is 5.02 Å². The number of methoxy groups -OCH3 is 1. The molecule has 0 saturated carbocycles. The molecule has 6 nitrogen and oxygen atoms in total. The molecule has 164 valence electrons. The molecule has 2 aromatic carbocycles. The molecule has 0 amide bonds. The van der Waals surface area contributed by atoms with Crippen molar-refractivity contribution in [2.24, 2.45) is 0 Å². The number of ether oxygens (including phenoxy) is 3. The van der Waals surface area contributed by atoms with E-state index in [0.29, 0.717) is 29.4 Å². The average Bonchev–Trinajstić information content (AvgIpc) is 2.75. The first kappa shape index (κ1) is 22.8. The third-order valence-electron chi connectivity index (χ3n) is 5.18. The van der Waals surface area contributed by atoms with E-state index >= 15 is 0 Å². The van der Waals surface area contributed by atoms with Gasteiger partial charge in [0.25, 0.3) is 0 Å². The molecule has 30 heavy (non-hydrogen) atoms. The van der Waals surface area contributed by atoms with Crippen molar-refractivity contribution in [1.82, 2.24) is 0 Å². The summed E-state index contributed by atoms with van der Waals surface area (Å²) in [4.78, 5) is 0. The Bertz CT molecular complexity index is 844. The Hall–Kier alpha value is -1.90. The van der Waals surface area contributed by atoms with Gasteiger partial charge in [-0.15, -0.1) is 0 Å². The maximum Gasteiger partial charge on any atom is 0.157 e. The summed E-state index contributed by atoms with van der Waals surface area (Å²) in [5, 5.41) is 30.1. The van der Waals surface area contributed by atoms with Gasteiger partial charge in [0.05, 0.1) is 20.3 Å². The number of halogens is 2. The minimum atomic E-state index is -1.98. The van der Waals surface area contributed by atoms with Crippen LogP contribution in [0.5, 0.6) is 11.5 Å². The van der Waals surface area contributed by atoms with Gasteiger partial charge < -0.3 is 29.5 Å². The summed E-state index contributed by atoms with van der Waals surface area (Å²) in [7, 11) is 1.43. The summed E-state index contributed by atoms with van der Waals surface area (Å²) in [5.41, 5.74) is 2.10. The molecule has 5 atom stereocenters. The molecule has 1 aliphatic heterocycles. The molecule has 1 saturated heterocycles. The highest BCUT2D eigenvalue weighted by Gasteiger charge is 2.46. The fourth-order valence-electron chi connectivity index (χ4n) is 3.58. The molecular formula is C22H26ClFO6. The molecule has 0 bridgehead atoms. The van der Waals surface area contributed by atoms with E-state index in [9.17, 15) is 19.7 Å². The fourth-order valence-corrected chi connectivity index (χ4v) is 3.80. The monoisotopic (exact) mass is 440 g/mol. The van der Waals surface area contributed by atoms with E-state index < -0.39 is 37.2 Å². The maximum atomic E-state index is 14.4. The van der Waals surface area contributed by atoms with E-state index in [4.69, 9.17) is 25.8 Å².